The molecule has 1 aliphatic carbocycles. The summed E-state index contributed by atoms with van der Waals surface area (Å²) in [6, 6.07) is 0. The Morgan fingerprint density at radius 2 is 1.00 bits per heavy atom. The highest BCUT2D eigenvalue weighted by Crippen LogP contribution is 2.20. The maximum Gasteiger partial charge on any atom is -0.0262 e. The van der Waals surface area contributed by atoms with E-state index in [-0.39, 0.29) is 0 Å². The van der Waals surface area contributed by atoms with E-state index in [1.54, 1.807) is 0 Å². The maximum absolute atomic E-state index is 2.33. The van der Waals surface area contributed by atoms with Gasteiger partial charge < -0.3 is 0 Å². The molecule has 0 saturated carbocycles. The minimum absolute atomic E-state index is 0.839. The molecule has 0 radical (unpaired) electrons. The van der Waals surface area contributed by atoms with Crippen LogP contribution < -0.4 is 0 Å². The van der Waals surface area contributed by atoms with E-state index in [4.69, 9.17) is 0 Å². The van der Waals surface area contributed by atoms with Crippen molar-refractivity contribution >= 4 is 0 Å². The molecule has 0 spiro atoms. The highest BCUT2D eigenvalue weighted by Gasteiger charge is 2.06. The van der Waals surface area contributed by atoms with E-state index in [9.17, 15) is 0 Å². The van der Waals surface area contributed by atoms with Gasteiger partial charge in [0.1, 0.15) is 0 Å². The molecule has 0 bridgehead atoms. The van der Waals surface area contributed by atoms with Gasteiger partial charge in [0, 0.05) is 0 Å². The minimum atomic E-state index is 0.839. The van der Waals surface area contributed by atoms with Crippen LogP contribution in [-0.2, 0) is 0 Å². The molecule has 0 N–H and O–H groups in total. The second kappa shape index (κ2) is 10.7. The summed E-state index contributed by atoms with van der Waals surface area (Å²) in [6.45, 7) is 12.6. The van der Waals surface area contributed by atoms with Gasteiger partial charge in [0.2, 0.25) is 0 Å². The second-order valence-electron chi connectivity index (χ2n) is 2.92. The minimum Gasteiger partial charge on any atom is -0.0854 e. The fourth-order valence-electron chi connectivity index (χ4n) is 1.10. The van der Waals surface area contributed by atoms with Crippen LogP contribution >= 0.6 is 0 Å². The molecule has 0 heteroatoms. The zero-order chi connectivity index (χ0) is 9.98. The lowest BCUT2D eigenvalue weighted by atomic mass is 9.91. The molecule has 0 aromatic heterocycles. The second-order valence-corrected chi connectivity index (χ2v) is 2.92. The van der Waals surface area contributed by atoms with Crippen LogP contribution in [0, 0.1) is 11.8 Å². The first-order valence-electron chi connectivity index (χ1n) is 5.47. The summed E-state index contributed by atoms with van der Waals surface area (Å²) in [5.41, 5.74) is 0. The molecule has 1 aliphatic rings. The fraction of sp³-hybridized carbons (Fsp3) is 0.833. The van der Waals surface area contributed by atoms with Gasteiger partial charge in [-0.05, 0) is 24.7 Å². The fourth-order valence-corrected chi connectivity index (χ4v) is 1.10. The van der Waals surface area contributed by atoms with Crippen LogP contribution in [0.15, 0.2) is 12.2 Å². The van der Waals surface area contributed by atoms with Gasteiger partial charge in [-0.15, -0.1) is 0 Å². The van der Waals surface area contributed by atoms with Crippen LogP contribution in [0.3, 0.4) is 0 Å². The van der Waals surface area contributed by atoms with E-state index in [0.717, 1.165) is 11.8 Å². The van der Waals surface area contributed by atoms with Crippen LogP contribution in [0.25, 0.3) is 0 Å². The average Bonchev–Trinajstić information content (AvgIpc) is 2.17. The maximum atomic E-state index is 2.33. The van der Waals surface area contributed by atoms with Crippen molar-refractivity contribution in [3.8, 4) is 0 Å². The van der Waals surface area contributed by atoms with E-state index in [1.807, 2.05) is 27.7 Å². The number of allylic oxidation sites excluding steroid dienone is 2. The van der Waals surface area contributed by atoms with Crippen molar-refractivity contribution in [2.75, 3.05) is 0 Å². The van der Waals surface area contributed by atoms with Gasteiger partial charge in [0.05, 0.1) is 0 Å². The third-order valence-corrected chi connectivity index (χ3v) is 1.85. The summed E-state index contributed by atoms with van der Waals surface area (Å²) in [7, 11) is 0. The van der Waals surface area contributed by atoms with E-state index < -0.39 is 0 Å². The van der Waals surface area contributed by atoms with Crippen molar-refractivity contribution < 1.29 is 0 Å². The van der Waals surface area contributed by atoms with Crippen molar-refractivity contribution in [1.29, 1.82) is 0 Å². The number of rotatable bonds is 0. The van der Waals surface area contributed by atoms with Gasteiger partial charge >= 0.3 is 0 Å². The Balaban J connectivity index is 0. The zero-order valence-electron chi connectivity index (χ0n) is 9.72. The highest BCUT2D eigenvalue weighted by molar-refractivity contribution is 4.94. The van der Waals surface area contributed by atoms with Crippen LogP contribution in [-0.4, -0.2) is 0 Å². The molecule has 0 aromatic carbocycles. The molecule has 0 saturated heterocycles. The first kappa shape index (κ1) is 14.3. The van der Waals surface area contributed by atoms with E-state index in [1.165, 1.54) is 12.8 Å². The molecule has 2 unspecified atom stereocenters. The lowest BCUT2D eigenvalue weighted by Crippen LogP contribution is -2.01. The standard InChI is InChI=1S/C8H14.2C2H6/c1-7-3-5-8(2)6-4-7;2*1-2/h3,5,7-8H,4,6H2,1-2H3;2*1-2H3. The van der Waals surface area contributed by atoms with Crippen molar-refractivity contribution in [1.82, 2.24) is 0 Å². The van der Waals surface area contributed by atoms with Gasteiger partial charge in [0.15, 0.2) is 0 Å². The Kier molecular flexibility index (Phi) is 12.8. The third-order valence-electron chi connectivity index (χ3n) is 1.85. The Hall–Kier alpha value is -0.260. The van der Waals surface area contributed by atoms with Crippen LogP contribution in [0.5, 0.6) is 0 Å². The SMILES string of the molecule is CC.CC.CC1C=CC(C)CC1. The molecule has 0 fully saturated rings. The Bertz CT molecular complexity index is 80.2. The van der Waals surface area contributed by atoms with Crippen LogP contribution in [0.2, 0.25) is 0 Å². The van der Waals surface area contributed by atoms with Crippen molar-refractivity contribution in [3.05, 3.63) is 12.2 Å². The molecule has 12 heavy (non-hydrogen) atoms. The molecule has 0 heterocycles. The summed E-state index contributed by atoms with van der Waals surface area (Å²) in [6.07, 6.45) is 7.43. The quantitative estimate of drug-likeness (QED) is 0.464. The Morgan fingerprint density at radius 1 is 0.750 bits per heavy atom. The molecule has 74 valence electrons. The third kappa shape index (κ3) is 7.84. The van der Waals surface area contributed by atoms with Gasteiger partial charge in [-0.2, -0.15) is 0 Å². The summed E-state index contributed by atoms with van der Waals surface area (Å²) in [4.78, 5) is 0. The van der Waals surface area contributed by atoms with E-state index >= 15 is 0 Å². The van der Waals surface area contributed by atoms with Crippen LogP contribution in [0.1, 0.15) is 54.4 Å². The zero-order valence-corrected chi connectivity index (χ0v) is 9.72. The highest BCUT2D eigenvalue weighted by atomic mass is 14.1. The predicted molar refractivity (Wildman–Crippen MR) is 59.4 cm³/mol. The van der Waals surface area contributed by atoms with Crippen molar-refractivity contribution in [2.45, 2.75) is 54.4 Å². The van der Waals surface area contributed by atoms with Crippen LogP contribution in [0.4, 0.5) is 0 Å². The van der Waals surface area contributed by atoms with Gasteiger partial charge in [0.25, 0.3) is 0 Å². The van der Waals surface area contributed by atoms with Gasteiger partial charge in [-0.1, -0.05) is 53.7 Å². The van der Waals surface area contributed by atoms with Crippen molar-refractivity contribution in [2.24, 2.45) is 11.8 Å². The van der Waals surface area contributed by atoms with Gasteiger partial charge in [-0.25, -0.2) is 0 Å². The normalized spacial score (nSPS) is 26.2. The lowest BCUT2D eigenvalue weighted by molar-refractivity contribution is 0.502. The molecular weight excluding hydrogens is 144 g/mol. The molecule has 0 amide bonds. The van der Waals surface area contributed by atoms with Gasteiger partial charge in [-0.3, -0.25) is 0 Å². The summed E-state index contributed by atoms with van der Waals surface area (Å²) < 4.78 is 0. The summed E-state index contributed by atoms with van der Waals surface area (Å²) >= 11 is 0. The smallest absolute Gasteiger partial charge is 0.0262 e. The monoisotopic (exact) mass is 170 g/mol. The molecule has 2 atom stereocenters. The molecule has 1 rings (SSSR count). The van der Waals surface area contributed by atoms with E-state index in [2.05, 4.69) is 26.0 Å². The van der Waals surface area contributed by atoms with Crippen molar-refractivity contribution in [3.63, 3.8) is 0 Å². The largest absolute Gasteiger partial charge is 0.0854 e. The summed E-state index contributed by atoms with van der Waals surface area (Å²) in [5, 5.41) is 0. The predicted octanol–water partition coefficient (Wildman–Crippen LogP) is 4.66. The molecule has 0 aromatic rings. The van der Waals surface area contributed by atoms with E-state index in [0.29, 0.717) is 0 Å². The first-order valence-corrected chi connectivity index (χ1v) is 5.47. The Morgan fingerprint density at radius 3 is 1.17 bits per heavy atom. The Labute approximate surface area is 79.1 Å². The first-order chi connectivity index (χ1) is 5.79. The average molecular weight is 170 g/mol. The number of hydrogen-bond acceptors (Lipinski definition) is 0. The lowest BCUT2D eigenvalue weighted by Gasteiger charge is -2.15. The summed E-state index contributed by atoms with van der Waals surface area (Å²) in [5.74, 6) is 1.68. The molecule has 0 nitrogen and oxygen atoms in total. The molecular formula is C12H26. The topological polar surface area (TPSA) is 0 Å². The number of hydrogen-bond donors (Lipinski definition) is 0. The molecule has 0 aliphatic heterocycles.